The van der Waals surface area contributed by atoms with E-state index >= 15 is 4.39 Å². The van der Waals surface area contributed by atoms with E-state index in [9.17, 15) is 14.3 Å². The normalized spacial score (nSPS) is 15.9. The van der Waals surface area contributed by atoms with Crippen molar-refractivity contribution >= 4 is 5.97 Å². The molecule has 0 amide bonds. The van der Waals surface area contributed by atoms with Gasteiger partial charge in [-0.3, -0.25) is 9.88 Å². The number of aryl methyl sites for hydroxylation is 3. The van der Waals surface area contributed by atoms with E-state index in [1.165, 1.54) is 12.1 Å². The molecule has 2 aromatic carbocycles. The Bertz CT molecular complexity index is 1550. The van der Waals surface area contributed by atoms with Gasteiger partial charge in [0, 0.05) is 42.0 Å². The zero-order chi connectivity index (χ0) is 31.1. The lowest BCUT2D eigenvalue weighted by Gasteiger charge is -2.34. The molecule has 230 valence electrons. The first-order valence-corrected chi connectivity index (χ1v) is 15.2. The van der Waals surface area contributed by atoms with Crippen molar-refractivity contribution < 1.29 is 28.2 Å². The van der Waals surface area contributed by atoms with Crippen LogP contribution in [0.15, 0.2) is 24.3 Å². The maximum Gasteiger partial charge on any atom is 0.337 e. The zero-order valence-electron chi connectivity index (χ0n) is 26.1. The maximum atomic E-state index is 15.6. The van der Waals surface area contributed by atoms with Crippen molar-refractivity contribution in [2.45, 2.75) is 91.9 Å². The number of carboxylic acid groups (broad SMARTS) is 1. The molecule has 5 rings (SSSR count). The standard InChI is InChI=1S/C35H42F2N2O4/c1-20-17-23(11-12-27(20)36)9-7-14-39-15-13-29-26(19-39)31(25-18-28(37)32-24(21(25)2)10-8-16-42-32)30(22(3)38-29)33(34(40)41)43-35(4,5)6/h11-12,17-18,33H,7-10,13-16,19H2,1-6H3,(H,40,41)/t33-/m0/s1. The molecule has 8 heteroatoms. The van der Waals surface area contributed by atoms with Crippen LogP contribution in [0.25, 0.3) is 11.1 Å². The molecule has 0 fully saturated rings. The number of aromatic nitrogens is 1. The molecule has 3 aromatic rings. The number of carboxylic acids is 1. The van der Waals surface area contributed by atoms with Crippen LogP contribution in [0.2, 0.25) is 0 Å². The molecular weight excluding hydrogens is 550 g/mol. The number of aliphatic carboxylic acids is 1. The number of benzene rings is 2. The number of halogens is 2. The van der Waals surface area contributed by atoms with Crippen molar-refractivity contribution in [3.8, 4) is 16.9 Å². The molecule has 3 heterocycles. The summed E-state index contributed by atoms with van der Waals surface area (Å²) < 4.78 is 41.3. The monoisotopic (exact) mass is 592 g/mol. The first-order valence-electron chi connectivity index (χ1n) is 15.2. The summed E-state index contributed by atoms with van der Waals surface area (Å²) >= 11 is 0. The van der Waals surface area contributed by atoms with E-state index in [2.05, 4.69) is 4.90 Å². The molecule has 0 bridgehead atoms. The average Bonchev–Trinajstić information content (AvgIpc) is 2.95. The molecule has 1 N–H and O–H groups in total. The predicted octanol–water partition coefficient (Wildman–Crippen LogP) is 7.21. The third kappa shape index (κ3) is 6.60. The van der Waals surface area contributed by atoms with Gasteiger partial charge in [-0.1, -0.05) is 12.1 Å². The Kier molecular flexibility index (Phi) is 8.91. The Morgan fingerprint density at radius 1 is 1.12 bits per heavy atom. The van der Waals surface area contributed by atoms with Crippen LogP contribution in [0.3, 0.4) is 0 Å². The Morgan fingerprint density at radius 3 is 2.58 bits per heavy atom. The van der Waals surface area contributed by atoms with Gasteiger partial charge < -0.3 is 14.6 Å². The van der Waals surface area contributed by atoms with Gasteiger partial charge in [-0.2, -0.15) is 0 Å². The second kappa shape index (κ2) is 12.3. The maximum absolute atomic E-state index is 15.6. The van der Waals surface area contributed by atoms with Gasteiger partial charge in [-0.15, -0.1) is 0 Å². The van der Waals surface area contributed by atoms with E-state index in [0.717, 1.165) is 60.3 Å². The first-order chi connectivity index (χ1) is 20.3. The molecule has 0 aliphatic carbocycles. The van der Waals surface area contributed by atoms with E-state index in [-0.39, 0.29) is 5.82 Å². The van der Waals surface area contributed by atoms with Gasteiger partial charge in [0.05, 0.1) is 12.2 Å². The van der Waals surface area contributed by atoms with Crippen LogP contribution >= 0.6 is 0 Å². The van der Waals surface area contributed by atoms with E-state index in [0.29, 0.717) is 59.7 Å². The second-order valence-corrected chi connectivity index (χ2v) is 12.9. The lowest BCUT2D eigenvalue weighted by Crippen LogP contribution is -2.34. The highest BCUT2D eigenvalue weighted by Gasteiger charge is 2.36. The van der Waals surface area contributed by atoms with Crippen molar-refractivity contribution in [3.63, 3.8) is 0 Å². The number of pyridine rings is 1. The lowest BCUT2D eigenvalue weighted by atomic mass is 9.83. The van der Waals surface area contributed by atoms with Gasteiger partial charge in [0.1, 0.15) is 5.82 Å². The molecule has 0 spiro atoms. The Morgan fingerprint density at radius 2 is 1.88 bits per heavy atom. The minimum absolute atomic E-state index is 0.196. The van der Waals surface area contributed by atoms with E-state index in [1.807, 2.05) is 46.8 Å². The summed E-state index contributed by atoms with van der Waals surface area (Å²) in [7, 11) is 0. The molecule has 0 saturated carbocycles. The van der Waals surface area contributed by atoms with Crippen LogP contribution in [0.4, 0.5) is 8.78 Å². The molecule has 6 nitrogen and oxygen atoms in total. The molecule has 2 aliphatic heterocycles. The molecule has 1 aromatic heterocycles. The van der Waals surface area contributed by atoms with Crippen LogP contribution < -0.4 is 4.74 Å². The molecule has 2 aliphatic rings. The van der Waals surface area contributed by atoms with E-state index in [4.69, 9.17) is 14.5 Å². The second-order valence-electron chi connectivity index (χ2n) is 12.9. The highest BCUT2D eigenvalue weighted by Crippen LogP contribution is 2.44. The molecule has 0 unspecified atom stereocenters. The van der Waals surface area contributed by atoms with Gasteiger partial charge in [-0.05, 0) is 119 Å². The average molecular weight is 593 g/mol. The van der Waals surface area contributed by atoms with Crippen molar-refractivity contribution in [1.29, 1.82) is 0 Å². The molecule has 0 radical (unpaired) electrons. The smallest absolute Gasteiger partial charge is 0.337 e. The van der Waals surface area contributed by atoms with Crippen LogP contribution in [0.5, 0.6) is 5.75 Å². The van der Waals surface area contributed by atoms with Crippen LogP contribution in [0.1, 0.15) is 84.5 Å². The van der Waals surface area contributed by atoms with Gasteiger partial charge in [0.25, 0.3) is 0 Å². The predicted molar refractivity (Wildman–Crippen MR) is 163 cm³/mol. The summed E-state index contributed by atoms with van der Waals surface area (Å²) in [6.45, 7) is 13.7. The molecule has 43 heavy (non-hydrogen) atoms. The van der Waals surface area contributed by atoms with Crippen LogP contribution in [-0.2, 0) is 35.3 Å². The number of ether oxygens (including phenoxy) is 2. The minimum atomic E-state index is -1.28. The summed E-state index contributed by atoms with van der Waals surface area (Å²) in [6, 6.07) is 6.76. The van der Waals surface area contributed by atoms with Crippen molar-refractivity contribution in [1.82, 2.24) is 9.88 Å². The van der Waals surface area contributed by atoms with E-state index in [1.54, 1.807) is 6.92 Å². The summed E-state index contributed by atoms with van der Waals surface area (Å²) in [5.41, 5.74) is 7.01. The third-order valence-electron chi connectivity index (χ3n) is 8.48. The van der Waals surface area contributed by atoms with Crippen LogP contribution in [0, 0.1) is 32.4 Å². The van der Waals surface area contributed by atoms with Gasteiger partial charge >= 0.3 is 5.97 Å². The van der Waals surface area contributed by atoms with Crippen molar-refractivity contribution in [3.05, 3.63) is 80.7 Å². The number of fused-ring (bicyclic) bond motifs is 2. The van der Waals surface area contributed by atoms with Crippen molar-refractivity contribution in [2.75, 3.05) is 19.7 Å². The number of hydrogen-bond donors (Lipinski definition) is 1. The fourth-order valence-corrected chi connectivity index (χ4v) is 6.45. The molecule has 1 atom stereocenters. The SMILES string of the molecule is Cc1cc(CCCN2CCc3nc(C)c([C@H](OC(C)(C)C)C(=O)O)c(-c4cc(F)c5c(c4C)CCCO5)c3C2)ccc1F. The highest BCUT2D eigenvalue weighted by molar-refractivity contribution is 5.84. The largest absolute Gasteiger partial charge is 0.490 e. The quantitative estimate of drug-likeness (QED) is 0.298. The summed E-state index contributed by atoms with van der Waals surface area (Å²) in [5, 5.41) is 10.4. The summed E-state index contributed by atoms with van der Waals surface area (Å²) in [4.78, 5) is 20.0. The van der Waals surface area contributed by atoms with Gasteiger partial charge in [0.2, 0.25) is 0 Å². The Balaban J connectivity index is 1.59. The number of rotatable bonds is 8. The highest BCUT2D eigenvalue weighted by atomic mass is 19.1. The fourth-order valence-electron chi connectivity index (χ4n) is 6.45. The van der Waals surface area contributed by atoms with Gasteiger partial charge in [-0.25, -0.2) is 13.6 Å². The number of hydrogen-bond acceptors (Lipinski definition) is 5. The molecular formula is C35H42F2N2O4. The van der Waals surface area contributed by atoms with Crippen LogP contribution in [-0.4, -0.2) is 46.3 Å². The fraction of sp³-hybridized carbons (Fsp3) is 0.486. The Labute approximate surface area is 253 Å². The summed E-state index contributed by atoms with van der Waals surface area (Å²) in [6.07, 6.45) is 2.62. The zero-order valence-corrected chi connectivity index (χ0v) is 26.1. The van der Waals surface area contributed by atoms with Gasteiger partial charge in [0.15, 0.2) is 17.7 Å². The topological polar surface area (TPSA) is 71.9 Å². The minimum Gasteiger partial charge on any atom is -0.490 e. The lowest BCUT2D eigenvalue weighted by molar-refractivity contribution is -0.160. The Hall–Kier alpha value is -3.36. The van der Waals surface area contributed by atoms with Crippen molar-refractivity contribution in [2.24, 2.45) is 0 Å². The number of nitrogens with zero attached hydrogens (tertiary/aromatic N) is 2. The van der Waals surface area contributed by atoms with E-state index < -0.39 is 23.5 Å². The first kappa shape index (κ1) is 31.1. The summed E-state index contributed by atoms with van der Waals surface area (Å²) in [5.74, 6) is -1.44. The molecule has 0 saturated heterocycles. The number of carbonyl (C=O) groups is 1. The third-order valence-corrected chi connectivity index (χ3v) is 8.48.